The van der Waals surface area contributed by atoms with E-state index in [2.05, 4.69) is 6.92 Å². The summed E-state index contributed by atoms with van der Waals surface area (Å²) in [5.74, 6) is 0.0957. The summed E-state index contributed by atoms with van der Waals surface area (Å²) < 4.78 is 31.7. The van der Waals surface area contributed by atoms with Crippen molar-refractivity contribution in [3.8, 4) is 5.75 Å². The molecule has 1 fully saturated rings. The van der Waals surface area contributed by atoms with E-state index in [1.807, 2.05) is 0 Å². The van der Waals surface area contributed by atoms with Gasteiger partial charge in [0.1, 0.15) is 5.75 Å². The SMILES string of the molecule is COc1ccc(S(=O)(=O)N2CCC(C)CC2)cc1C(N)=O. The van der Waals surface area contributed by atoms with Crippen LogP contribution in [0.3, 0.4) is 0 Å². The average molecular weight is 312 g/mol. The van der Waals surface area contributed by atoms with Gasteiger partial charge in [0, 0.05) is 13.1 Å². The molecule has 1 aliphatic heterocycles. The van der Waals surface area contributed by atoms with Crippen LogP contribution in [0.4, 0.5) is 0 Å². The summed E-state index contributed by atoms with van der Waals surface area (Å²) in [6.45, 7) is 3.12. The first kappa shape index (κ1) is 15.8. The van der Waals surface area contributed by atoms with Crippen LogP contribution in [0.25, 0.3) is 0 Å². The minimum Gasteiger partial charge on any atom is -0.496 e. The number of rotatable bonds is 4. The van der Waals surface area contributed by atoms with Gasteiger partial charge in [-0.25, -0.2) is 8.42 Å². The van der Waals surface area contributed by atoms with E-state index in [9.17, 15) is 13.2 Å². The van der Waals surface area contributed by atoms with Crippen LogP contribution < -0.4 is 10.5 Å². The number of ether oxygens (including phenoxy) is 1. The molecule has 1 aliphatic rings. The van der Waals surface area contributed by atoms with E-state index in [0.717, 1.165) is 12.8 Å². The topological polar surface area (TPSA) is 89.7 Å². The third-order valence-electron chi connectivity index (χ3n) is 3.82. The van der Waals surface area contributed by atoms with Crippen LogP contribution >= 0.6 is 0 Å². The summed E-state index contributed by atoms with van der Waals surface area (Å²) >= 11 is 0. The molecule has 1 amide bonds. The van der Waals surface area contributed by atoms with Crippen LogP contribution in [0.5, 0.6) is 5.75 Å². The Labute approximate surface area is 124 Å². The zero-order valence-electron chi connectivity index (χ0n) is 12.2. The molecule has 0 radical (unpaired) electrons. The molecule has 0 atom stereocenters. The third kappa shape index (κ3) is 3.19. The zero-order valence-corrected chi connectivity index (χ0v) is 13.0. The van der Waals surface area contributed by atoms with Gasteiger partial charge in [-0.05, 0) is 37.0 Å². The first-order valence-corrected chi connectivity index (χ1v) is 8.28. The quantitative estimate of drug-likeness (QED) is 0.905. The molecule has 21 heavy (non-hydrogen) atoms. The molecule has 0 saturated carbocycles. The Morgan fingerprint density at radius 3 is 2.48 bits per heavy atom. The van der Waals surface area contributed by atoms with E-state index in [4.69, 9.17) is 10.5 Å². The molecule has 6 nitrogen and oxygen atoms in total. The van der Waals surface area contributed by atoms with Crippen LogP contribution in [0.15, 0.2) is 23.1 Å². The van der Waals surface area contributed by atoms with Gasteiger partial charge < -0.3 is 10.5 Å². The molecule has 0 spiro atoms. The van der Waals surface area contributed by atoms with Crippen molar-refractivity contribution in [2.45, 2.75) is 24.7 Å². The predicted octanol–water partition coefficient (Wildman–Crippen LogP) is 1.21. The van der Waals surface area contributed by atoms with Gasteiger partial charge in [-0.15, -0.1) is 0 Å². The molecule has 1 heterocycles. The lowest BCUT2D eigenvalue weighted by molar-refractivity contribution is 0.0997. The lowest BCUT2D eigenvalue weighted by Gasteiger charge is -2.29. The molecule has 2 rings (SSSR count). The molecule has 7 heteroatoms. The number of primary amides is 1. The summed E-state index contributed by atoms with van der Waals surface area (Å²) in [4.78, 5) is 11.5. The highest BCUT2D eigenvalue weighted by atomic mass is 32.2. The highest BCUT2D eigenvalue weighted by Crippen LogP contribution is 2.27. The monoisotopic (exact) mass is 312 g/mol. The number of nitrogens with two attached hydrogens (primary N) is 1. The van der Waals surface area contributed by atoms with Gasteiger partial charge in [0.05, 0.1) is 17.6 Å². The van der Waals surface area contributed by atoms with Crippen LogP contribution in [0, 0.1) is 5.92 Å². The fourth-order valence-corrected chi connectivity index (χ4v) is 3.91. The Balaban J connectivity index is 2.36. The number of carbonyl (C=O) groups excluding carboxylic acids is 1. The highest BCUT2D eigenvalue weighted by molar-refractivity contribution is 7.89. The van der Waals surface area contributed by atoms with Crippen molar-refractivity contribution >= 4 is 15.9 Å². The second-order valence-electron chi connectivity index (χ2n) is 5.31. The molecule has 1 aromatic carbocycles. The minimum atomic E-state index is -3.60. The molecule has 0 aromatic heterocycles. The summed E-state index contributed by atoms with van der Waals surface area (Å²) in [6.07, 6.45) is 1.69. The zero-order chi connectivity index (χ0) is 15.6. The van der Waals surface area contributed by atoms with Crippen LogP contribution in [-0.4, -0.2) is 38.8 Å². The summed E-state index contributed by atoms with van der Waals surface area (Å²) in [7, 11) is -2.19. The van der Waals surface area contributed by atoms with Gasteiger partial charge in [-0.1, -0.05) is 6.92 Å². The number of methoxy groups -OCH3 is 1. The van der Waals surface area contributed by atoms with E-state index in [-0.39, 0.29) is 16.2 Å². The largest absolute Gasteiger partial charge is 0.496 e. The third-order valence-corrected chi connectivity index (χ3v) is 5.71. The maximum Gasteiger partial charge on any atom is 0.252 e. The van der Waals surface area contributed by atoms with Gasteiger partial charge >= 0.3 is 0 Å². The van der Waals surface area contributed by atoms with E-state index >= 15 is 0 Å². The molecular weight excluding hydrogens is 292 g/mol. The van der Waals surface area contributed by atoms with Crippen molar-refractivity contribution in [1.29, 1.82) is 0 Å². The molecule has 0 unspecified atom stereocenters. The number of benzene rings is 1. The van der Waals surface area contributed by atoms with Crippen molar-refractivity contribution in [2.24, 2.45) is 11.7 Å². The molecule has 0 aliphatic carbocycles. The van der Waals surface area contributed by atoms with Gasteiger partial charge in [0.25, 0.3) is 5.91 Å². The van der Waals surface area contributed by atoms with Crippen LogP contribution in [-0.2, 0) is 10.0 Å². The first-order chi connectivity index (χ1) is 9.86. The van der Waals surface area contributed by atoms with Crippen molar-refractivity contribution in [3.05, 3.63) is 23.8 Å². The maximum atomic E-state index is 12.6. The van der Waals surface area contributed by atoms with Crippen LogP contribution in [0.1, 0.15) is 30.1 Å². The number of carbonyl (C=O) groups is 1. The number of hydrogen-bond acceptors (Lipinski definition) is 4. The van der Waals surface area contributed by atoms with Crippen LogP contribution in [0.2, 0.25) is 0 Å². The van der Waals surface area contributed by atoms with Gasteiger partial charge in [-0.2, -0.15) is 4.31 Å². The number of hydrogen-bond donors (Lipinski definition) is 1. The Hall–Kier alpha value is -1.60. The summed E-state index contributed by atoms with van der Waals surface area (Å²) in [6, 6.07) is 4.19. The fourth-order valence-electron chi connectivity index (χ4n) is 2.41. The summed E-state index contributed by atoms with van der Waals surface area (Å²) in [5.41, 5.74) is 5.34. The van der Waals surface area contributed by atoms with Gasteiger partial charge in [0.15, 0.2) is 0 Å². The minimum absolute atomic E-state index is 0.0731. The van der Waals surface area contributed by atoms with E-state index in [1.165, 1.54) is 29.6 Å². The molecule has 116 valence electrons. The number of nitrogens with zero attached hydrogens (tertiary/aromatic N) is 1. The molecular formula is C14H20N2O4S. The second kappa shape index (κ2) is 6.03. The predicted molar refractivity (Wildman–Crippen MR) is 78.7 cm³/mol. The normalized spacial score (nSPS) is 17.6. The second-order valence-corrected chi connectivity index (χ2v) is 7.25. The molecule has 0 bridgehead atoms. The Kier molecular flexibility index (Phi) is 4.53. The van der Waals surface area contributed by atoms with E-state index < -0.39 is 15.9 Å². The number of sulfonamides is 1. The number of piperidine rings is 1. The van der Waals surface area contributed by atoms with Crippen molar-refractivity contribution in [3.63, 3.8) is 0 Å². The number of amides is 1. The highest BCUT2D eigenvalue weighted by Gasteiger charge is 2.29. The van der Waals surface area contributed by atoms with E-state index in [0.29, 0.717) is 19.0 Å². The van der Waals surface area contributed by atoms with Crippen molar-refractivity contribution in [1.82, 2.24) is 4.31 Å². The summed E-state index contributed by atoms with van der Waals surface area (Å²) in [5, 5.41) is 0. The molecule has 1 saturated heterocycles. The molecule has 2 N–H and O–H groups in total. The fraction of sp³-hybridized carbons (Fsp3) is 0.500. The van der Waals surface area contributed by atoms with Crippen molar-refractivity contribution < 1.29 is 17.9 Å². The van der Waals surface area contributed by atoms with Crippen molar-refractivity contribution in [2.75, 3.05) is 20.2 Å². The van der Waals surface area contributed by atoms with Gasteiger partial charge in [0.2, 0.25) is 10.0 Å². The Morgan fingerprint density at radius 2 is 1.95 bits per heavy atom. The Morgan fingerprint density at radius 1 is 1.33 bits per heavy atom. The molecule has 1 aromatic rings. The Bertz CT molecular complexity index is 634. The lowest BCUT2D eigenvalue weighted by Crippen LogP contribution is -2.38. The standard InChI is InChI=1S/C14H20N2O4S/c1-10-5-7-16(8-6-10)21(18,19)11-3-4-13(20-2)12(9-11)14(15)17/h3-4,9-10H,5-8H2,1-2H3,(H2,15,17). The lowest BCUT2D eigenvalue weighted by atomic mass is 10.0. The smallest absolute Gasteiger partial charge is 0.252 e. The van der Waals surface area contributed by atoms with Gasteiger partial charge in [-0.3, -0.25) is 4.79 Å². The van der Waals surface area contributed by atoms with E-state index in [1.54, 1.807) is 0 Å². The average Bonchev–Trinajstić information content (AvgIpc) is 2.46. The first-order valence-electron chi connectivity index (χ1n) is 6.84. The maximum absolute atomic E-state index is 12.6.